The normalized spacial score (nSPS) is 15.1. The molecule has 49 heavy (non-hydrogen) atoms. The molecule has 1 unspecified atom stereocenters. The highest BCUT2D eigenvalue weighted by Gasteiger charge is 2.46. The fraction of sp³-hybridized carbons (Fsp3) is 0.250. The van der Waals surface area contributed by atoms with Crippen LogP contribution in [0.2, 0.25) is 0 Å². The van der Waals surface area contributed by atoms with Gasteiger partial charge in [-0.3, -0.25) is 14.3 Å². The first kappa shape index (κ1) is 35.1. The summed E-state index contributed by atoms with van der Waals surface area (Å²) in [6.45, 7) is 0.494. The van der Waals surface area contributed by atoms with Gasteiger partial charge in [-0.2, -0.15) is 18.4 Å². The van der Waals surface area contributed by atoms with Crippen LogP contribution >= 0.6 is 0 Å². The lowest BCUT2D eigenvalue weighted by Crippen LogP contribution is -2.54. The van der Waals surface area contributed by atoms with Gasteiger partial charge in [0.1, 0.15) is 5.60 Å². The van der Waals surface area contributed by atoms with Gasteiger partial charge >= 0.3 is 6.18 Å². The van der Waals surface area contributed by atoms with Gasteiger partial charge in [0.25, 0.3) is 11.8 Å². The maximum absolute atomic E-state index is 14.0. The molecular formula is C36H33F3N4O5S. The summed E-state index contributed by atoms with van der Waals surface area (Å²) in [5.74, 6) is -1.77. The number of carbonyl (C=O) groups excluding carboxylic acids is 2. The van der Waals surface area contributed by atoms with E-state index in [1.54, 1.807) is 77.7 Å². The maximum Gasteiger partial charge on any atom is 0.417 e. The SMILES string of the molecule is CS(=O)(=O)Nc1ccc(-c2cccc(CC(O)(C(=O)Nc3ccc(C#N)c(C(F)(F)F)c3)C3CCN(C(=O)c4ccccc4)CC3)c2)cc1. The third kappa shape index (κ3) is 8.46. The number of sulfonamides is 1. The molecule has 0 aliphatic carbocycles. The number of benzene rings is 4. The van der Waals surface area contributed by atoms with Crippen LogP contribution in [0.4, 0.5) is 24.5 Å². The summed E-state index contributed by atoms with van der Waals surface area (Å²) in [7, 11) is -3.47. The first-order valence-electron chi connectivity index (χ1n) is 15.3. The molecule has 1 aliphatic heterocycles. The van der Waals surface area contributed by atoms with E-state index in [4.69, 9.17) is 0 Å². The van der Waals surface area contributed by atoms with Crippen molar-refractivity contribution in [2.45, 2.75) is 31.0 Å². The molecule has 9 nitrogen and oxygen atoms in total. The average Bonchev–Trinajstić information content (AvgIpc) is 3.07. The van der Waals surface area contributed by atoms with Gasteiger partial charge in [-0.1, -0.05) is 54.6 Å². The standard InChI is InChI=1S/C36H33F3N4O5S/c1-49(47,48)42-30-13-10-25(11-14-30)27-9-5-6-24(20-27)22-35(46,29-16-18-43(19-17-29)33(44)26-7-3-2-4-8-26)34(45)41-31-15-12-28(23-40)32(21-31)36(37,38)39/h2-15,20-21,29,42,46H,16-19,22H2,1H3,(H,41,45). The van der Waals surface area contributed by atoms with Gasteiger partial charge in [-0.05, 0) is 72.0 Å². The van der Waals surface area contributed by atoms with Crippen LogP contribution in [0.25, 0.3) is 11.1 Å². The minimum atomic E-state index is -4.85. The highest BCUT2D eigenvalue weighted by molar-refractivity contribution is 7.92. The predicted molar refractivity (Wildman–Crippen MR) is 179 cm³/mol. The number of carbonyl (C=O) groups is 2. The number of aliphatic hydroxyl groups is 1. The number of rotatable bonds is 9. The topological polar surface area (TPSA) is 140 Å². The van der Waals surface area contributed by atoms with Crippen LogP contribution in [-0.4, -0.2) is 55.2 Å². The molecule has 4 aromatic carbocycles. The van der Waals surface area contributed by atoms with Crippen molar-refractivity contribution >= 4 is 33.2 Å². The van der Waals surface area contributed by atoms with Crippen molar-refractivity contribution in [2.24, 2.45) is 5.92 Å². The Kier molecular flexibility index (Phi) is 10.1. The molecule has 0 saturated carbocycles. The zero-order valence-electron chi connectivity index (χ0n) is 26.4. The number of amides is 2. The van der Waals surface area contributed by atoms with E-state index in [0.717, 1.165) is 23.4 Å². The lowest BCUT2D eigenvalue weighted by atomic mass is 9.75. The first-order chi connectivity index (χ1) is 23.2. The van der Waals surface area contributed by atoms with Crippen LogP contribution in [0.5, 0.6) is 0 Å². The second kappa shape index (κ2) is 14.1. The van der Waals surface area contributed by atoms with Crippen molar-refractivity contribution in [1.29, 1.82) is 5.26 Å². The molecule has 13 heteroatoms. The summed E-state index contributed by atoms with van der Waals surface area (Å²) in [6.07, 6.45) is -3.50. The van der Waals surface area contributed by atoms with Crippen LogP contribution in [0.1, 0.15) is 39.9 Å². The number of nitrogens with zero attached hydrogens (tertiary/aromatic N) is 2. The molecule has 0 radical (unpaired) electrons. The van der Waals surface area contributed by atoms with Crippen molar-refractivity contribution < 1.29 is 36.3 Å². The summed E-state index contributed by atoms with van der Waals surface area (Å²) >= 11 is 0. The second-order valence-electron chi connectivity index (χ2n) is 12.0. The van der Waals surface area contributed by atoms with Crippen molar-refractivity contribution in [1.82, 2.24) is 4.90 Å². The summed E-state index contributed by atoms with van der Waals surface area (Å²) < 4.78 is 66.6. The van der Waals surface area contributed by atoms with Gasteiger partial charge < -0.3 is 15.3 Å². The van der Waals surface area contributed by atoms with Gasteiger partial charge in [0, 0.05) is 42.4 Å². The molecule has 1 atom stereocenters. The fourth-order valence-corrected chi connectivity index (χ4v) is 6.61. The van der Waals surface area contributed by atoms with Gasteiger partial charge in [-0.15, -0.1) is 0 Å². The third-order valence-electron chi connectivity index (χ3n) is 8.50. The van der Waals surface area contributed by atoms with E-state index in [2.05, 4.69) is 10.0 Å². The number of nitrogens with one attached hydrogen (secondary N) is 2. The van der Waals surface area contributed by atoms with E-state index in [1.807, 2.05) is 6.07 Å². The Bertz CT molecular complexity index is 1990. The highest BCUT2D eigenvalue weighted by atomic mass is 32.2. The molecular weight excluding hydrogens is 657 g/mol. The molecule has 0 spiro atoms. The van der Waals surface area contributed by atoms with Crippen LogP contribution < -0.4 is 10.0 Å². The summed E-state index contributed by atoms with van der Waals surface area (Å²) in [5.41, 5.74) is -1.25. The fourth-order valence-electron chi connectivity index (χ4n) is 6.04. The number of anilines is 2. The Balaban J connectivity index is 1.43. The molecule has 2 amide bonds. The Hall–Kier alpha value is -5.19. The number of hydrogen-bond donors (Lipinski definition) is 3. The van der Waals surface area contributed by atoms with E-state index in [1.165, 1.54) is 12.1 Å². The number of likely N-dealkylation sites (tertiary alicyclic amines) is 1. The van der Waals surface area contributed by atoms with Gasteiger partial charge in [0.2, 0.25) is 10.0 Å². The molecule has 0 aromatic heterocycles. The Morgan fingerprint density at radius 1 is 0.898 bits per heavy atom. The predicted octanol–water partition coefficient (Wildman–Crippen LogP) is 6.08. The molecule has 1 fully saturated rings. The largest absolute Gasteiger partial charge is 0.417 e. The van der Waals surface area contributed by atoms with E-state index >= 15 is 0 Å². The molecule has 254 valence electrons. The monoisotopic (exact) mass is 690 g/mol. The number of alkyl halides is 3. The van der Waals surface area contributed by atoms with Crippen LogP contribution in [0.3, 0.4) is 0 Å². The number of halogens is 3. The zero-order valence-corrected chi connectivity index (χ0v) is 27.2. The van der Waals surface area contributed by atoms with Crippen molar-refractivity contribution in [3.05, 3.63) is 119 Å². The van der Waals surface area contributed by atoms with E-state index in [-0.39, 0.29) is 43.9 Å². The molecule has 1 saturated heterocycles. The third-order valence-corrected chi connectivity index (χ3v) is 9.10. The van der Waals surface area contributed by atoms with Crippen molar-refractivity contribution in [3.63, 3.8) is 0 Å². The average molecular weight is 691 g/mol. The molecule has 5 rings (SSSR count). The van der Waals surface area contributed by atoms with Crippen molar-refractivity contribution in [2.75, 3.05) is 29.4 Å². The van der Waals surface area contributed by atoms with Crippen molar-refractivity contribution in [3.8, 4) is 17.2 Å². The molecule has 4 aromatic rings. The molecule has 3 N–H and O–H groups in total. The lowest BCUT2D eigenvalue weighted by molar-refractivity contribution is -0.142. The van der Waals surface area contributed by atoms with Crippen LogP contribution in [-0.2, 0) is 27.4 Å². The van der Waals surface area contributed by atoms with Crippen LogP contribution in [0, 0.1) is 17.2 Å². The van der Waals surface area contributed by atoms with Gasteiger partial charge in [-0.25, -0.2) is 8.42 Å². The van der Waals surface area contributed by atoms with E-state index in [9.17, 15) is 41.5 Å². The number of piperidine rings is 1. The minimum absolute atomic E-state index is 0.185. The van der Waals surface area contributed by atoms with E-state index in [0.29, 0.717) is 22.9 Å². The van der Waals surface area contributed by atoms with E-state index < -0.39 is 44.8 Å². The first-order valence-corrected chi connectivity index (χ1v) is 17.2. The molecule has 0 bridgehead atoms. The summed E-state index contributed by atoms with van der Waals surface area (Å²) in [6, 6.07) is 26.7. The summed E-state index contributed by atoms with van der Waals surface area (Å²) in [5, 5.41) is 23.9. The van der Waals surface area contributed by atoms with Gasteiger partial charge in [0.15, 0.2) is 0 Å². The Morgan fingerprint density at radius 2 is 1.55 bits per heavy atom. The highest BCUT2D eigenvalue weighted by Crippen LogP contribution is 2.37. The maximum atomic E-state index is 14.0. The summed E-state index contributed by atoms with van der Waals surface area (Å²) in [4.78, 5) is 28.7. The Morgan fingerprint density at radius 3 is 2.16 bits per heavy atom. The quantitative estimate of drug-likeness (QED) is 0.195. The zero-order chi connectivity index (χ0) is 35.4. The minimum Gasteiger partial charge on any atom is -0.379 e. The van der Waals surface area contributed by atoms with Crippen LogP contribution in [0.15, 0.2) is 97.1 Å². The molecule has 1 heterocycles. The lowest BCUT2D eigenvalue weighted by Gasteiger charge is -2.40. The number of hydrogen-bond acceptors (Lipinski definition) is 6. The number of nitriles is 1. The Labute approximate surface area is 282 Å². The molecule has 1 aliphatic rings. The second-order valence-corrected chi connectivity index (χ2v) is 13.8. The van der Waals surface area contributed by atoms with Gasteiger partial charge in [0.05, 0.1) is 23.5 Å². The smallest absolute Gasteiger partial charge is 0.379 e.